The molecule has 0 saturated heterocycles. The largest absolute Gasteiger partial charge is 0.375 e. The molecule has 4 heteroatoms. The third-order valence-corrected chi connectivity index (χ3v) is 2.39. The predicted octanol–water partition coefficient (Wildman–Crippen LogP) is 2.64. The quantitative estimate of drug-likeness (QED) is 0.459. The molecule has 0 amide bonds. The van der Waals surface area contributed by atoms with Gasteiger partial charge in [-0.3, -0.25) is 0 Å². The minimum atomic E-state index is 0.889. The van der Waals surface area contributed by atoms with E-state index in [1.165, 1.54) is 0 Å². The number of nitrogens with zero attached hydrogens (tertiary/aromatic N) is 1. The topological polar surface area (TPSA) is 32.7 Å². The maximum atomic E-state index is 8.26. The molecular formula is C9H13NO2S. The van der Waals surface area contributed by atoms with Crippen molar-refractivity contribution in [2.45, 2.75) is 11.8 Å². The first-order valence-corrected chi connectivity index (χ1v) is 4.81. The molecule has 0 saturated carbocycles. The molecule has 3 nitrogen and oxygen atoms in total. The summed E-state index contributed by atoms with van der Waals surface area (Å²) < 4.78 is 3.99. The molecule has 1 aromatic rings. The third-order valence-electron chi connectivity index (χ3n) is 1.87. The first-order chi connectivity index (χ1) is 6.27. The average Bonchev–Trinajstić information content (AvgIpc) is 2.18. The van der Waals surface area contributed by atoms with Crippen LogP contribution in [0.5, 0.6) is 0 Å². The van der Waals surface area contributed by atoms with E-state index in [9.17, 15) is 0 Å². The number of anilines is 1. The standard InChI is InChI=1S/C9H13NO2S/c1-3-10(2)8-5-4-6-9(7-8)13-12-11/h4-7,11H,3H2,1-2H3. The third kappa shape index (κ3) is 2.91. The average molecular weight is 199 g/mol. The van der Waals surface area contributed by atoms with Crippen molar-refractivity contribution in [2.75, 3.05) is 18.5 Å². The molecule has 1 rings (SSSR count). The zero-order valence-corrected chi connectivity index (χ0v) is 8.54. The Morgan fingerprint density at radius 1 is 1.54 bits per heavy atom. The maximum absolute atomic E-state index is 8.26. The monoisotopic (exact) mass is 199 g/mol. The van der Waals surface area contributed by atoms with Gasteiger partial charge in [-0.05, 0) is 25.1 Å². The number of hydrogen-bond acceptors (Lipinski definition) is 4. The molecule has 13 heavy (non-hydrogen) atoms. The summed E-state index contributed by atoms with van der Waals surface area (Å²) in [7, 11) is 2.02. The van der Waals surface area contributed by atoms with Crippen molar-refractivity contribution >= 4 is 17.7 Å². The van der Waals surface area contributed by atoms with Crippen LogP contribution in [0.4, 0.5) is 5.69 Å². The smallest absolute Gasteiger partial charge is 0.0680 e. The summed E-state index contributed by atoms with van der Waals surface area (Å²) in [4.78, 5) is 3.00. The van der Waals surface area contributed by atoms with Crippen molar-refractivity contribution in [1.29, 1.82) is 0 Å². The van der Waals surface area contributed by atoms with Gasteiger partial charge < -0.3 is 4.90 Å². The van der Waals surface area contributed by atoms with E-state index in [0.717, 1.165) is 29.2 Å². The van der Waals surface area contributed by atoms with Gasteiger partial charge in [-0.25, -0.2) is 5.26 Å². The normalized spacial score (nSPS) is 10.1. The van der Waals surface area contributed by atoms with Gasteiger partial charge in [-0.15, -0.1) is 0 Å². The molecular weight excluding hydrogens is 186 g/mol. The van der Waals surface area contributed by atoms with Gasteiger partial charge in [0.1, 0.15) is 0 Å². The first-order valence-electron chi connectivity index (χ1n) is 4.07. The Labute approximate surface area is 82.5 Å². The highest BCUT2D eigenvalue weighted by Crippen LogP contribution is 2.22. The molecule has 0 bridgehead atoms. The molecule has 0 heterocycles. The molecule has 72 valence electrons. The van der Waals surface area contributed by atoms with E-state index >= 15 is 0 Å². The Bertz CT molecular complexity index is 268. The van der Waals surface area contributed by atoms with Crippen molar-refractivity contribution in [3.8, 4) is 0 Å². The summed E-state index contributed by atoms with van der Waals surface area (Å²) in [5.41, 5.74) is 1.12. The van der Waals surface area contributed by atoms with Crippen LogP contribution in [0.2, 0.25) is 0 Å². The lowest BCUT2D eigenvalue weighted by atomic mass is 10.3. The molecule has 0 radical (unpaired) electrons. The van der Waals surface area contributed by atoms with Gasteiger partial charge in [0, 0.05) is 24.2 Å². The van der Waals surface area contributed by atoms with E-state index in [2.05, 4.69) is 16.2 Å². The fourth-order valence-corrected chi connectivity index (χ4v) is 1.39. The lowest BCUT2D eigenvalue weighted by Crippen LogP contribution is -2.15. The number of benzene rings is 1. The van der Waals surface area contributed by atoms with Gasteiger partial charge >= 0.3 is 0 Å². The van der Waals surface area contributed by atoms with E-state index < -0.39 is 0 Å². The summed E-state index contributed by atoms with van der Waals surface area (Å²) in [5.74, 6) is 0. The van der Waals surface area contributed by atoms with Gasteiger partial charge in [0.15, 0.2) is 0 Å². The fourth-order valence-electron chi connectivity index (χ4n) is 0.998. The van der Waals surface area contributed by atoms with E-state index in [0.29, 0.717) is 0 Å². The SMILES string of the molecule is CCN(C)c1cccc(SOO)c1. The van der Waals surface area contributed by atoms with E-state index in [-0.39, 0.29) is 0 Å². The van der Waals surface area contributed by atoms with E-state index in [1.54, 1.807) is 0 Å². The van der Waals surface area contributed by atoms with Crippen molar-refractivity contribution in [1.82, 2.24) is 0 Å². The Morgan fingerprint density at radius 3 is 2.92 bits per heavy atom. The van der Waals surface area contributed by atoms with Crippen molar-refractivity contribution < 1.29 is 9.59 Å². The van der Waals surface area contributed by atoms with Crippen LogP contribution in [-0.4, -0.2) is 18.8 Å². The van der Waals surface area contributed by atoms with Crippen LogP contribution in [0.3, 0.4) is 0 Å². The molecule has 0 aliphatic heterocycles. The van der Waals surface area contributed by atoms with Gasteiger partial charge in [-0.2, -0.15) is 4.33 Å². The number of rotatable bonds is 4. The molecule has 0 fully saturated rings. The zero-order chi connectivity index (χ0) is 9.68. The second kappa shape index (κ2) is 5.11. The van der Waals surface area contributed by atoms with Crippen LogP contribution in [0.15, 0.2) is 29.2 Å². The molecule has 0 aliphatic carbocycles. The van der Waals surface area contributed by atoms with Crippen LogP contribution in [0.25, 0.3) is 0 Å². The van der Waals surface area contributed by atoms with Gasteiger partial charge in [0.25, 0.3) is 0 Å². The van der Waals surface area contributed by atoms with Crippen molar-refractivity contribution in [3.05, 3.63) is 24.3 Å². The molecule has 0 atom stereocenters. The van der Waals surface area contributed by atoms with Crippen molar-refractivity contribution in [3.63, 3.8) is 0 Å². The summed E-state index contributed by atoms with van der Waals surface area (Å²) in [5, 5.41) is 8.26. The van der Waals surface area contributed by atoms with Crippen LogP contribution in [0, 0.1) is 0 Å². The van der Waals surface area contributed by atoms with Crippen molar-refractivity contribution in [2.24, 2.45) is 0 Å². The molecule has 0 spiro atoms. The van der Waals surface area contributed by atoms with E-state index in [1.807, 2.05) is 31.3 Å². The van der Waals surface area contributed by atoms with Gasteiger partial charge in [0.05, 0.1) is 12.0 Å². The molecule has 0 aromatic heterocycles. The van der Waals surface area contributed by atoms with Crippen LogP contribution in [0.1, 0.15) is 6.92 Å². The first kappa shape index (κ1) is 10.4. The summed E-state index contributed by atoms with van der Waals surface area (Å²) in [6.45, 7) is 3.04. The van der Waals surface area contributed by atoms with Gasteiger partial charge in [-0.1, -0.05) is 6.07 Å². The Hall–Kier alpha value is -0.710. The highest BCUT2D eigenvalue weighted by molar-refractivity contribution is 7.94. The minimum Gasteiger partial charge on any atom is -0.375 e. The highest BCUT2D eigenvalue weighted by atomic mass is 32.2. The summed E-state index contributed by atoms with van der Waals surface area (Å²) in [6, 6.07) is 7.80. The van der Waals surface area contributed by atoms with Crippen LogP contribution in [-0.2, 0) is 4.33 Å². The summed E-state index contributed by atoms with van der Waals surface area (Å²) in [6.07, 6.45) is 0. The maximum Gasteiger partial charge on any atom is 0.0680 e. The predicted molar refractivity (Wildman–Crippen MR) is 55.0 cm³/mol. The lowest BCUT2D eigenvalue weighted by Gasteiger charge is -2.16. The van der Waals surface area contributed by atoms with Crippen LogP contribution < -0.4 is 4.90 Å². The number of hydrogen-bond donors (Lipinski definition) is 1. The lowest BCUT2D eigenvalue weighted by molar-refractivity contribution is -0.116. The Balaban J connectivity index is 2.78. The molecule has 1 N–H and O–H groups in total. The molecule has 1 aromatic carbocycles. The fraction of sp³-hybridized carbons (Fsp3) is 0.333. The molecule has 0 aliphatic rings. The Morgan fingerprint density at radius 2 is 2.31 bits per heavy atom. The second-order valence-corrected chi connectivity index (χ2v) is 3.46. The van der Waals surface area contributed by atoms with Gasteiger partial charge in [0.2, 0.25) is 0 Å². The molecule has 0 unspecified atom stereocenters. The van der Waals surface area contributed by atoms with E-state index in [4.69, 9.17) is 5.26 Å². The Kier molecular flexibility index (Phi) is 4.08. The highest BCUT2D eigenvalue weighted by Gasteiger charge is 2.00. The summed E-state index contributed by atoms with van der Waals surface area (Å²) >= 11 is 0.946. The van der Waals surface area contributed by atoms with Crippen LogP contribution >= 0.6 is 12.0 Å². The minimum absolute atomic E-state index is 0.889. The zero-order valence-electron chi connectivity index (χ0n) is 7.73. The second-order valence-electron chi connectivity index (χ2n) is 2.67.